The Balaban J connectivity index is 1.57. The number of aryl methyl sites for hydroxylation is 1. The summed E-state index contributed by atoms with van der Waals surface area (Å²) in [6.45, 7) is 0. The molecular weight excluding hydrogens is 721 g/mol. The van der Waals surface area contributed by atoms with Crippen LogP contribution in [0.4, 0.5) is 0 Å². The molecule has 5 heterocycles. The van der Waals surface area contributed by atoms with Crippen molar-refractivity contribution in [2.24, 2.45) is 7.05 Å². The summed E-state index contributed by atoms with van der Waals surface area (Å²) in [5, 5.41) is 3.58. The van der Waals surface area contributed by atoms with Crippen LogP contribution in [-0.4, -0.2) is 39.5 Å². The molecule has 4 aromatic carbocycles. The van der Waals surface area contributed by atoms with E-state index in [9.17, 15) is 0 Å². The number of aromatic nitrogens is 8. The molecule has 47 heavy (non-hydrogen) atoms. The lowest BCUT2D eigenvalue weighted by molar-refractivity contribution is 0.967. The third-order valence-electron chi connectivity index (χ3n) is 8.27. The molecule has 0 radical (unpaired) electrons. The number of fused-ring (bicyclic) bond motifs is 20. The Morgan fingerprint density at radius 2 is 0.979 bits per heavy atom. The standard InChI is InChI=1S/C33H14Cl6N8/c1-47-32-14-8-4-5-9-15(14)33(47)46-28-16-10-11-17(34)21(35)18(16)29(42-28)43-31-20-19(22(36)24(38)25(39)23(20)37)30(44-31)41-26-12-6-2-3-7-13(12)27(40-26)45-32/h2-11H,1H3,(H,40,41,42,43,44,45,46). The van der Waals surface area contributed by atoms with Crippen LogP contribution in [0.2, 0.25) is 30.1 Å². The molecule has 0 unspecified atom stereocenters. The van der Waals surface area contributed by atoms with Gasteiger partial charge in [0.05, 0.1) is 46.5 Å². The first kappa shape index (κ1) is 29.1. The highest BCUT2D eigenvalue weighted by atomic mass is 35.5. The van der Waals surface area contributed by atoms with E-state index in [4.69, 9.17) is 99.5 Å². The molecule has 2 aliphatic heterocycles. The largest absolute Gasteiger partial charge is 0.324 e. The number of nitrogens with zero attached hydrogens (tertiary/aromatic N) is 7. The van der Waals surface area contributed by atoms with E-state index in [2.05, 4.69) is 4.98 Å². The van der Waals surface area contributed by atoms with Gasteiger partial charge >= 0.3 is 0 Å². The summed E-state index contributed by atoms with van der Waals surface area (Å²) in [6, 6.07) is 19.1. The highest BCUT2D eigenvalue weighted by Crippen LogP contribution is 2.47. The number of hydrogen-bond donors (Lipinski definition) is 1. The topological polar surface area (TPSA) is 98.1 Å². The van der Waals surface area contributed by atoms with Crippen molar-refractivity contribution < 1.29 is 0 Å². The molecule has 8 nitrogen and oxygen atoms in total. The van der Waals surface area contributed by atoms with Gasteiger partial charge in [0, 0.05) is 34.5 Å². The lowest BCUT2D eigenvalue weighted by Crippen LogP contribution is -1.92. The molecule has 7 aromatic rings. The van der Waals surface area contributed by atoms with Crippen LogP contribution in [0.5, 0.6) is 0 Å². The second kappa shape index (κ2) is 10.5. The third kappa shape index (κ3) is 4.16. The van der Waals surface area contributed by atoms with E-state index in [1.165, 1.54) is 0 Å². The van der Waals surface area contributed by atoms with Crippen LogP contribution in [0.3, 0.4) is 0 Å². The minimum absolute atomic E-state index is 0.0694. The molecule has 0 atom stereocenters. The van der Waals surface area contributed by atoms with Crippen LogP contribution in [-0.2, 0) is 7.05 Å². The Bertz CT molecular complexity index is 2740. The zero-order valence-electron chi connectivity index (χ0n) is 23.7. The van der Waals surface area contributed by atoms with E-state index >= 15 is 0 Å². The summed E-state index contributed by atoms with van der Waals surface area (Å²) in [6.07, 6.45) is 0. The summed E-state index contributed by atoms with van der Waals surface area (Å²) in [7, 11) is 1.90. The molecule has 0 saturated carbocycles. The Labute approximate surface area is 294 Å². The van der Waals surface area contributed by atoms with Gasteiger partial charge < -0.3 is 9.55 Å². The van der Waals surface area contributed by atoms with Crippen LogP contribution in [0, 0.1) is 0 Å². The van der Waals surface area contributed by atoms with E-state index in [0.717, 1.165) is 21.9 Å². The highest BCUT2D eigenvalue weighted by molar-refractivity contribution is 6.56. The molecule has 1 N–H and O–H groups in total. The van der Waals surface area contributed by atoms with E-state index in [0.29, 0.717) is 61.3 Å². The van der Waals surface area contributed by atoms with Crippen molar-refractivity contribution in [2.75, 3.05) is 0 Å². The van der Waals surface area contributed by atoms with Crippen LogP contribution in [0.15, 0.2) is 60.7 Å². The average Bonchev–Trinajstić information content (AvgIpc) is 3.79. The van der Waals surface area contributed by atoms with Crippen LogP contribution in [0.25, 0.3) is 89.7 Å². The van der Waals surface area contributed by atoms with Crippen molar-refractivity contribution in [3.05, 3.63) is 90.8 Å². The summed E-state index contributed by atoms with van der Waals surface area (Å²) >= 11 is 40.1. The van der Waals surface area contributed by atoms with Crippen molar-refractivity contribution in [1.29, 1.82) is 0 Å². The molecule has 2 aliphatic rings. The van der Waals surface area contributed by atoms with E-state index in [1.807, 2.05) is 66.2 Å². The second-order valence-corrected chi connectivity index (χ2v) is 13.2. The highest BCUT2D eigenvalue weighted by Gasteiger charge is 2.27. The Hall–Kier alpha value is -4.02. The Morgan fingerprint density at radius 3 is 1.57 bits per heavy atom. The number of hydrogen-bond acceptors (Lipinski definition) is 6. The van der Waals surface area contributed by atoms with Gasteiger partial charge in [0.15, 0.2) is 23.3 Å². The fourth-order valence-corrected chi connectivity index (χ4v) is 7.54. The van der Waals surface area contributed by atoms with Crippen LogP contribution in [0.1, 0.15) is 0 Å². The van der Waals surface area contributed by atoms with Gasteiger partial charge in [-0.3, -0.25) is 0 Å². The Kier molecular flexibility index (Phi) is 6.50. The number of nitrogens with one attached hydrogen (secondary N) is 1. The first-order chi connectivity index (χ1) is 22.7. The summed E-state index contributed by atoms with van der Waals surface area (Å²) in [4.78, 5) is 33.1. The molecule has 0 spiro atoms. The zero-order chi connectivity index (χ0) is 32.3. The van der Waals surface area contributed by atoms with Crippen molar-refractivity contribution in [3.8, 4) is 45.6 Å². The molecule has 0 aliphatic carbocycles. The maximum Gasteiger partial charge on any atom is 0.166 e. The normalized spacial score (nSPS) is 12.1. The molecule has 0 amide bonds. The van der Waals surface area contributed by atoms with Gasteiger partial charge in [0.2, 0.25) is 0 Å². The predicted octanol–water partition coefficient (Wildman–Crippen LogP) is 10.8. The SMILES string of the molecule is Cn1c2nc3nc(nc4[nH]c(nc5nc(nc1c1ccccc12)-c1ccc(Cl)c(Cl)c1-5)c1c(Cl)c(Cl)c(Cl)c(Cl)c41)-c1ccccc1-3. The van der Waals surface area contributed by atoms with Gasteiger partial charge in [-0.25, -0.2) is 29.9 Å². The predicted molar refractivity (Wildman–Crippen MR) is 191 cm³/mol. The van der Waals surface area contributed by atoms with Crippen molar-refractivity contribution in [2.45, 2.75) is 0 Å². The molecular formula is C33H14Cl6N8. The van der Waals surface area contributed by atoms with Gasteiger partial charge in [0.1, 0.15) is 22.6 Å². The summed E-state index contributed by atoms with van der Waals surface area (Å²) in [5.41, 5.74) is 4.60. The first-order valence-electron chi connectivity index (χ1n) is 14.0. The van der Waals surface area contributed by atoms with E-state index < -0.39 is 0 Å². The Morgan fingerprint density at radius 1 is 0.489 bits per heavy atom. The zero-order valence-corrected chi connectivity index (χ0v) is 28.2. The lowest BCUT2D eigenvalue weighted by Gasteiger charge is -2.05. The number of benzene rings is 4. The summed E-state index contributed by atoms with van der Waals surface area (Å²) < 4.78 is 1.92. The van der Waals surface area contributed by atoms with Gasteiger partial charge in [-0.2, -0.15) is 0 Å². The maximum atomic E-state index is 6.83. The van der Waals surface area contributed by atoms with Crippen LogP contribution >= 0.6 is 69.6 Å². The number of halogens is 6. The lowest BCUT2D eigenvalue weighted by atomic mass is 10.1. The first-order valence-corrected chi connectivity index (χ1v) is 16.3. The fourth-order valence-electron chi connectivity index (χ4n) is 6.10. The fraction of sp³-hybridized carbons (Fsp3) is 0.0303. The monoisotopic (exact) mass is 732 g/mol. The van der Waals surface area contributed by atoms with Crippen molar-refractivity contribution >= 4 is 114 Å². The van der Waals surface area contributed by atoms with Crippen LogP contribution < -0.4 is 0 Å². The number of H-pyrrole nitrogens is 1. The molecule has 228 valence electrons. The molecule has 9 rings (SSSR count). The van der Waals surface area contributed by atoms with Crippen molar-refractivity contribution in [1.82, 2.24) is 39.5 Å². The van der Waals surface area contributed by atoms with Crippen molar-refractivity contribution in [3.63, 3.8) is 0 Å². The minimum atomic E-state index is 0.0694. The van der Waals surface area contributed by atoms with Gasteiger partial charge in [0.25, 0.3) is 0 Å². The molecule has 0 saturated heterocycles. The number of aromatic amines is 1. The molecule has 0 fully saturated rings. The minimum Gasteiger partial charge on any atom is -0.324 e. The average molecular weight is 735 g/mol. The van der Waals surface area contributed by atoms with E-state index in [-0.39, 0.29) is 36.6 Å². The maximum absolute atomic E-state index is 6.83. The molecule has 8 bridgehead atoms. The van der Waals surface area contributed by atoms with Gasteiger partial charge in [-0.05, 0) is 12.1 Å². The quantitative estimate of drug-likeness (QED) is 0.123. The molecule has 14 heteroatoms. The van der Waals surface area contributed by atoms with E-state index in [1.54, 1.807) is 6.07 Å². The third-order valence-corrected chi connectivity index (χ3v) is 10.9. The summed E-state index contributed by atoms with van der Waals surface area (Å²) in [5.74, 6) is 1.51. The molecule has 3 aromatic heterocycles. The number of rotatable bonds is 0. The van der Waals surface area contributed by atoms with Gasteiger partial charge in [-0.15, -0.1) is 0 Å². The van der Waals surface area contributed by atoms with Gasteiger partial charge in [-0.1, -0.05) is 118 Å². The smallest absolute Gasteiger partial charge is 0.166 e. The second-order valence-electron chi connectivity index (χ2n) is 10.9.